The van der Waals surface area contributed by atoms with E-state index in [1.54, 1.807) is 19.0 Å². The zero-order chi connectivity index (χ0) is 6.57. The minimum Gasteiger partial charge on any atom is -0.349 e. The van der Waals surface area contributed by atoms with Crippen LogP contribution in [0, 0.1) is 0 Å². The van der Waals surface area contributed by atoms with E-state index in [1.165, 1.54) is 0 Å². The van der Waals surface area contributed by atoms with Crippen LogP contribution in [0.5, 0.6) is 0 Å². The van der Waals surface area contributed by atoms with Crippen molar-refractivity contribution < 1.29 is 4.79 Å². The Hall–Kier alpha value is -0.180. The number of carbonyl (C=O) groups is 1. The zero-order valence-corrected chi connectivity index (χ0v) is 6.11. The van der Waals surface area contributed by atoms with Crippen LogP contribution in [-0.2, 0) is 4.79 Å². The lowest BCUT2D eigenvalue weighted by molar-refractivity contribution is -0.128. The van der Waals surface area contributed by atoms with Crippen molar-refractivity contribution in [2.75, 3.05) is 19.8 Å². The Kier molecular flexibility index (Phi) is 3.69. The highest BCUT2D eigenvalue weighted by atomic mass is 32.1. The van der Waals surface area contributed by atoms with Gasteiger partial charge in [0.05, 0.1) is 0 Å². The van der Waals surface area contributed by atoms with Crippen LogP contribution in [0.15, 0.2) is 0 Å². The molecule has 1 amide bonds. The molecule has 0 atom stereocenters. The number of hydrogen-bond donors (Lipinski definition) is 1. The van der Waals surface area contributed by atoms with Crippen LogP contribution in [0.1, 0.15) is 6.42 Å². The molecule has 0 unspecified atom stereocenters. The van der Waals surface area contributed by atoms with Crippen molar-refractivity contribution in [3.63, 3.8) is 0 Å². The van der Waals surface area contributed by atoms with Crippen LogP contribution in [0.25, 0.3) is 0 Å². The van der Waals surface area contributed by atoms with Gasteiger partial charge in [0, 0.05) is 20.5 Å². The number of thiol groups is 1. The molecule has 0 radical (unpaired) electrons. The molecule has 8 heavy (non-hydrogen) atoms. The minimum atomic E-state index is 0.139. The molecule has 3 heteroatoms. The van der Waals surface area contributed by atoms with Crippen LogP contribution in [-0.4, -0.2) is 30.7 Å². The molecule has 2 nitrogen and oxygen atoms in total. The van der Waals surface area contributed by atoms with Crippen molar-refractivity contribution in [3.05, 3.63) is 0 Å². The molecule has 0 aromatic rings. The summed E-state index contributed by atoms with van der Waals surface area (Å²) >= 11 is 3.91. The number of nitrogens with zero attached hydrogens (tertiary/aromatic N) is 1. The normalized spacial score (nSPS) is 8.88. The van der Waals surface area contributed by atoms with Crippen LogP contribution in [0.3, 0.4) is 0 Å². The van der Waals surface area contributed by atoms with Crippen molar-refractivity contribution >= 4 is 18.5 Å². The van der Waals surface area contributed by atoms with Gasteiger partial charge in [-0.2, -0.15) is 12.6 Å². The molecule has 0 bridgehead atoms. The minimum absolute atomic E-state index is 0.139. The topological polar surface area (TPSA) is 20.3 Å². The maximum Gasteiger partial charge on any atom is 0.222 e. The highest BCUT2D eigenvalue weighted by Crippen LogP contribution is 1.87. The first kappa shape index (κ1) is 7.82. The zero-order valence-electron chi connectivity index (χ0n) is 5.22. The molecule has 0 saturated carbocycles. The second-order valence-corrected chi connectivity index (χ2v) is 2.21. The monoisotopic (exact) mass is 133 g/mol. The predicted octanol–water partition coefficient (Wildman–Crippen LogP) is 0.394. The molecule has 0 aliphatic carbocycles. The number of rotatable bonds is 2. The fourth-order valence-corrected chi connectivity index (χ4v) is 0.511. The third-order valence-electron chi connectivity index (χ3n) is 0.824. The van der Waals surface area contributed by atoms with Gasteiger partial charge in [0.2, 0.25) is 5.91 Å². The first-order chi connectivity index (χ1) is 3.68. The highest BCUT2D eigenvalue weighted by molar-refractivity contribution is 7.80. The lowest BCUT2D eigenvalue weighted by Crippen LogP contribution is -2.21. The molecule has 0 rings (SSSR count). The molecule has 48 valence electrons. The lowest BCUT2D eigenvalue weighted by atomic mass is 10.4. The van der Waals surface area contributed by atoms with E-state index in [0.29, 0.717) is 12.2 Å². The van der Waals surface area contributed by atoms with Crippen LogP contribution in [0.2, 0.25) is 0 Å². The summed E-state index contributed by atoms with van der Waals surface area (Å²) in [6.45, 7) is 0. The van der Waals surface area contributed by atoms with Gasteiger partial charge in [-0.1, -0.05) is 0 Å². The highest BCUT2D eigenvalue weighted by Gasteiger charge is 1.98. The Morgan fingerprint density at radius 3 is 2.25 bits per heavy atom. The summed E-state index contributed by atoms with van der Waals surface area (Å²) in [5.41, 5.74) is 0. The molecule has 0 fully saturated rings. The number of hydrogen-bond acceptors (Lipinski definition) is 2. The van der Waals surface area contributed by atoms with Gasteiger partial charge in [-0.3, -0.25) is 4.79 Å². The smallest absolute Gasteiger partial charge is 0.222 e. The van der Waals surface area contributed by atoms with Gasteiger partial charge in [0.1, 0.15) is 0 Å². The summed E-state index contributed by atoms with van der Waals surface area (Å²) in [6, 6.07) is 0. The SMILES string of the molecule is CN(C)C(=O)CCS. The van der Waals surface area contributed by atoms with Crippen LogP contribution < -0.4 is 0 Å². The van der Waals surface area contributed by atoms with Crippen molar-refractivity contribution in [2.24, 2.45) is 0 Å². The third kappa shape index (κ3) is 2.91. The summed E-state index contributed by atoms with van der Waals surface area (Å²) in [6.07, 6.45) is 0.538. The Labute approximate surface area is 55.3 Å². The second kappa shape index (κ2) is 3.78. The summed E-state index contributed by atoms with van der Waals surface area (Å²) < 4.78 is 0. The predicted molar refractivity (Wildman–Crippen MR) is 37.2 cm³/mol. The molecule has 0 saturated heterocycles. The van der Waals surface area contributed by atoms with Gasteiger partial charge in [-0.15, -0.1) is 0 Å². The van der Waals surface area contributed by atoms with Crippen molar-refractivity contribution in [2.45, 2.75) is 6.42 Å². The largest absolute Gasteiger partial charge is 0.349 e. The number of amides is 1. The van der Waals surface area contributed by atoms with Crippen molar-refractivity contribution in [3.8, 4) is 0 Å². The van der Waals surface area contributed by atoms with E-state index in [4.69, 9.17) is 0 Å². The molecule has 0 spiro atoms. The van der Waals surface area contributed by atoms with E-state index in [0.717, 1.165) is 0 Å². The summed E-state index contributed by atoms with van der Waals surface area (Å²) in [4.78, 5) is 12.2. The molecule has 0 heterocycles. The third-order valence-corrected chi connectivity index (χ3v) is 1.05. The molecule has 0 aromatic carbocycles. The first-order valence-corrected chi connectivity index (χ1v) is 3.12. The fourth-order valence-electron chi connectivity index (χ4n) is 0.319. The number of carbonyl (C=O) groups excluding carboxylic acids is 1. The van der Waals surface area contributed by atoms with Gasteiger partial charge in [-0.05, 0) is 5.75 Å². The van der Waals surface area contributed by atoms with E-state index in [9.17, 15) is 4.79 Å². The van der Waals surface area contributed by atoms with Gasteiger partial charge < -0.3 is 4.90 Å². The molecule has 0 aliphatic rings. The Balaban J connectivity index is 3.33. The van der Waals surface area contributed by atoms with Gasteiger partial charge in [0.25, 0.3) is 0 Å². The Morgan fingerprint density at radius 1 is 1.62 bits per heavy atom. The average molecular weight is 133 g/mol. The van der Waals surface area contributed by atoms with Crippen molar-refractivity contribution in [1.29, 1.82) is 0 Å². The van der Waals surface area contributed by atoms with E-state index < -0.39 is 0 Å². The quantitative estimate of drug-likeness (QED) is 0.540. The maximum atomic E-state index is 10.6. The van der Waals surface area contributed by atoms with E-state index in [-0.39, 0.29) is 5.91 Å². The van der Waals surface area contributed by atoms with E-state index in [2.05, 4.69) is 12.6 Å². The summed E-state index contributed by atoms with van der Waals surface area (Å²) in [5, 5.41) is 0. The van der Waals surface area contributed by atoms with Crippen molar-refractivity contribution in [1.82, 2.24) is 4.90 Å². The van der Waals surface area contributed by atoms with Gasteiger partial charge >= 0.3 is 0 Å². The van der Waals surface area contributed by atoms with E-state index >= 15 is 0 Å². The molecule has 0 N–H and O–H groups in total. The molecule has 0 aromatic heterocycles. The Bertz CT molecular complexity index is 82.5. The molecular weight excluding hydrogens is 122 g/mol. The molecule has 0 aliphatic heterocycles. The Morgan fingerprint density at radius 2 is 2.12 bits per heavy atom. The summed E-state index contributed by atoms with van der Waals surface area (Å²) in [5.74, 6) is 0.775. The van der Waals surface area contributed by atoms with Crippen LogP contribution in [0.4, 0.5) is 0 Å². The molecular formula is C5H11NOS. The van der Waals surface area contributed by atoms with E-state index in [1.807, 2.05) is 0 Å². The fraction of sp³-hybridized carbons (Fsp3) is 0.800. The second-order valence-electron chi connectivity index (χ2n) is 1.76. The van der Waals surface area contributed by atoms with Gasteiger partial charge in [0.15, 0.2) is 0 Å². The van der Waals surface area contributed by atoms with Gasteiger partial charge in [-0.25, -0.2) is 0 Å². The lowest BCUT2D eigenvalue weighted by Gasteiger charge is -2.07. The first-order valence-electron chi connectivity index (χ1n) is 2.49. The summed E-state index contributed by atoms with van der Waals surface area (Å²) in [7, 11) is 3.48. The van der Waals surface area contributed by atoms with Crippen LogP contribution >= 0.6 is 12.6 Å². The average Bonchev–Trinajstić information content (AvgIpc) is 1.67. The maximum absolute atomic E-state index is 10.6. The standard InChI is InChI=1S/C5H11NOS/c1-6(2)5(7)3-4-8/h8H,3-4H2,1-2H3.